The molecule has 3 aromatic carbocycles. The minimum absolute atomic E-state index is 0.183. The largest absolute Gasteiger partial charge is 0.473 e. The van der Waals surface area contributed by atoms with E-state index in [0.717, 1.165) is 46.0 Å². The van der Waals surface area contributed by atoms with E-state index in [9.17, 15) is 4.79 Å². The highest BCUT2D eigenvalue weighted by molar-refractivity contribution is 5.96. The first-order valence-corrected chi connectivity index (χ1v) is 15.1. The summed E-state index contributed by atoms with van der Waals surface area (Å²) in [4.78, 5) is 19.2. The Kier molecular flexibility index (Phi) is 8.50. The number of piperidine rings is 1. The number of fused-ring (bicyclic) bond motifs is 1. The number of aromatic nitrogens is 3. The number of carbonyl (C=O) groups excluding carboxylic acids is 1. The van der Waals surface area contributed by atoms with E-state index in [1.807, 2.05) is 106 Å². The molecule has 6 rings (SSSR count). The summed E-state index contributed by atoms with van der Waals surface area (Å²) in [5, 5.41) is 5.85. The molecule has 1 aliphatic heterocycles. The van der Waals surface area contributed by atoms with Gasteiger partial charge in [0.2, 0.25) is 11.8 Å². The zero-order valence-corrected chi connectivity index (χ0v) is 25.5. The summed E-state index contributed by atoms with van der Waals surface area (Å²) in [6.07, 6.45) is 3.28. The van der Waals surface area contributed by atoms with E-state index in [1.54, 1.807) is 4.90 Å². The number of carbonyl (C=O) groups is 1. The number of amides is 1. The second kappa shape index (κ2) is 12.8. The number of nitrogens with zero attached hydrogens (tertiary/aromatic N) is 4. The van der Waals surface area contributed by atoms with Crippen molar-refractivity contribution in [2.45, 2.75) is 58.5 Å². The van der Waals surface area contributed by atoms with Crippen LogP contribution in [0.4, 0.5) is 4.79 Å². The van der Waals surface area contributed by atoms with Crippen LogP contribution in [0.25, 0.3) is 22.0 Å². The van der Waals surface area contributed by atoms with E-state index in [0.29, 0.717) is 38.1 Å². The first-order valence-electron chi connectivity index (χ1n) is 15.1. The van der Waals surface area contributed by atoms with Gasteiger partial charge in [-0.05, 0) is 62.4 Å². The second-order valence-corrected chi connectivity index (χ2v) is 12.1. The Balaban J connectivity index is 1.26. The van der Waals surface area contributed by atoms with E-state index < -0.39 is 5.60 Å². The Morgan fingerprint density at radius 1 is 0.795 bits per heavy atom. The monoisotopic (exact) mass is 590 g/mol. The van der Waals surface area contributed by atoms with Crippen LogP contribution in [-0.4, -0.2) is 44.4 Å². The lowest BCUT2D eigenvalue weighted by atomic mass is 10.0. The highest BCUT2D eigenvalue weighted by Crippen LogP contribution is 2.37. The van der Waals surface area contributed by atoms with Gasteiger partial charge >= 0.3 is 6.09 Å². The molecule has 1 amide bonds. The molecule has 0 bridgehead atoms. The van der Waals surface area contributed by atoms with Crippen molar-refractivity contribution in [3.05, 3.63) is 108 Å². The van der Waals surface area contributed by atoms with Gasteiger partial charge in [0.25, 0.3) is 0 Å². The fourth-order valence-electron chi connectivity index (χ4n) is 5.49. The molecule has 0 saturated carbocycles. The molecular formula is C36H38N4O4. The summed E-state index contributed by atoms with van der Waals surface area (Å²) >= 11 is 0. The lowest BCUT2D eigenvalue weighted by molar-refractivity contribution is 0.0186. The normalized spacial score (nSPS) is 14.0. The molecule has 0 spiro atoms. The Morgan fingerprint density at radius 2 is 1.45 bits per heavy atom. The van der Waals surface area contributed by atoms with Crippen LogP contribution in [0, 0.1) is 0 Å². The molecule has 3 heterocycles. The minimum Gasteiger partial charge on any atom is -0.473 e. The predicted octanol–water partition coefficient (Wildman–Crippen LogP) is 7.83. The number of ether oxygens (including phenoxy) is 3. The summed E-state index contributed by atoms with van der Waals surface area (Å²) in [7, 11) is 0. The van der Waals surface area contributed by atoms with Crippen molar-refractivity contribution in [3.63, 3.8) is 0 Å². The fraction of sp³-hybridized carbons (Fsp3) is 0.306. The van der Waals surface area contributed by atoms with Crippen LogP contribution in [0.1, 0.15) is 50.8 Å². The first-order chi connectivity index (χ1) is 21.3. The second-order valence-electron chi connectivity index (χ2n) is 12.1. The Bertz CT molecular complexity index is 1710. The molecule has 8 nitrogen and oxygen atoms in total. The lowest BCUT2D eigenvalue weighted by Gasteiger charge is -2.33. The maximum Gasteiger partial charge on any atom is 0.410 e. The minimum atomic E-state index is -0.507. The average molecular weight is 591 g/mol. The van der Waals surface area contributed by atoms with Crippen molar-refractivity contribution >= 4 is 17.0 Å². The van der Waals surface area contributed by atoms with E-state index in [1.165, 1.54) is 0 Å². The molecule has 5 aromatic rings. The Labute approximate surface area is 258 Å². The summed E-state index contributed by atoms with van der Waals surface area (Å²) in [6.45, 7) is 7.74. The molecule has 1 fully saturated rings. The smallest absolute Gasteiger partial charge is 0.410 e. The molecular weight excluding hydrogens is 552 g/mol. The van der Waals surface area contributed by atoms with Crippen molar-refractivity contribution in [1.29, 1.82) is 0 Å². The van der Waals surface area contributed by atoms with Gasteiger partial charge < -0.3 is 19.1 Å². The molecule has 0 aliphatic carbocycles. The SMILES string of the molecule is CC(C)(C)OC(=O)N1CCC(n2ncc3c(-c4ccc(OCc5ccccc5)nc4OCc4ccccc4)cccc32)CC1. The molecule has 1 saturated heterocycles. The third-order valence-corrected chi connectivity index (χ3v) is 7.68. The topological polar surface area (TPSA) is 78.7 Å². The number of pyridine rings is 1. The Morgan fingerprint density at radius 3 is 2.11 bits per heavy atom. The molecule has 0 N–H and O–H groups in total. The molecule has 0 atom stereocenters. The summed E-state index contributed by atoms with van der Waals surface area (Å²) in [5.74, 6) is 1.01. The summed E-state index contributed by atoms with van der Waals surface area (Å²) in [5.41, 5.74) is 4.52. The van der Waals surface area contributed by atoms with Crippen molar-refractivity contribution in [3.8, 4) is 22.9 Å². The summed E-state index contributed by atoms with van der Waals surface area (Å²) < 4.78 is 20.1. The van der Waals surface area contributed by atoms with Gasteiger partial charge in [-0.15, -0.1) is 0 Å². The van der Waals surface area contributed by atoms with Gasteiger partial charge in [0.15, 0.2) is 0 Å². The molecule has 0 radical (unpaired) electrons. The van der Waals surface area contributed by atoms with Gasteiger partial charge in [0.05, 0.1) is 17.8 Å². The van der Waals surface area contributed by atoms with Crippen LogP contribution in [-0.2, 0) is 18.0 Å². The fourth-order valence-corrected chi connectivity index (χ4v) is 5.49. The number of hydrogen-bond acceptors (Lipinski definition) is 6. The molecule has 1 aliphatic rings. The third-order valence-electron chi connectivity index (χ3n) is 7.68. The number of benzene rings is 3. The van der Waals surface area contributed by atoms with E-state index >= 15 is 0 Å². The van der Waals surface area contributed by atoms with Crippen molar-refractivity contribution in [2.24, 2.45) is 0 Å². The van der Waals surface area contributed by atoms with Crippen molar-refractivity contribution < 1.29 is 19.0 Å². The van der Waals surface area contributed by atoms with Gasteiger partial charge in [0, 0.05) is 30.1 Å². The highest BCUT2D eigenvalue weighted by atomic mass is 16.6. The van der Waals surface area contributed by atoms with Crippen LogP contribution in [0.15, 0.2) is 97.2 Å². The van der Waals surface area contributed by atoms with Crippen LogP contribution in [0.5, 0.6) is 11.8 Å². The van der Waals surface area contributed by atoms with Crippen LogP contribution in [0.3, 0.4) is 0 Å². The van der Waals surface area contributed by atoms with Crippen LogP contribution in [0.2, 0.25) is 0 Å². The van der Waals surface area contributed by atoms with Crippen molar-refractivity contribution in [1.82, 2.24) is 19.7 Å². The maximum atomic E-state index is 12.6. The van der Waals surface area contributed by atoms with Gasteiger partial charge in [-0.2, -0.15) is 10.1 Å². The molecule has 2 aromatic heterocycles. The standard InChI is InChI=1S/C36H38N4O4/c1-36(2,3)44-35(41)39-21-19-28(20-22-39)40-32-16-10-15-29(31(32)23-37-40)30-17-18-33(42-24-26-11-6-4-7-12-26)38-34(30)43-25-27-13-8-5-9-14-27/h4-18,23,28H,19-22,24-25H2,1-3H3. The summed E-state index contributed by atoms with van der Waals surface area (Å²) in [6, 6.07) is 30.4. The zero-order valence-electron chi connectivity index (χ0n) is 25.5. The quantitative estimate of drug-likeness (QED) is 0.183. The van der Waals surface area contributed by atoms with Crippen LogP contribution < -0.4 is 9.47 Å². The molecule has 226 valence electrons. The van der Waals surface area contributed by atoms with Crippen molar-refractivity contribution in [2.75, 3.05) is 13.1 Å². The molecule has 8 heteroatoms. The van der Waals surface area contributed by atoms with E-state index in [2.05, 4.69) is 16.8 Å². The first kappa shape index (κ1) is 29.2. The maximum absolute atomic E-state index is 12.6. The van der Waals surface area contributed by atoms with Gasteiger partial charge in [-0.1, -0.05) is 72.8 Å². The van der Waals surface area contributed by atoms with E-state index in [4.69, 9.17) is 24.3 Å². The average Bonchev–Trinajstić information content (AvgIpc) is 3.48. The molecule has 44 heavy (non-hydrogen) atoms. The van der Waals surface area contributed by atoms with Gasteiger partial charge in [-0.25, -0.2) is 4.79 Å². The van der Waals surface area contributed by atoms with Gasteiger partial charge in [0.1, 0.15) is 18.8 Å². The zero-order chi connectivity index (χ0) is 30.5. The van der Waals surface area contributed by atoms with E-state index in [-0.39, 0.29) is 12.1 Å². The number of rotatable bonds is 8. The third kappa shape index (κ3) is 6.86. The number of likely N-dealkylation sites (tertiary alicyclic amines) is 1. The molecule has 0 unspecified atom stereocenters. The van der Waals surface area contributed by atoms with Crippen LogP contribution >= 0.6 is 0 Å². The van der Waals surface area contributed by atoms with Gasteiger partial charge in [-0.3, -0.25) is 4.68 Å². The predicted molar refractivity (Wildman–Crippen MR) is 171 cm³/mol. The Hall–Kier alpha value is -4.85. The lowest BCUT2D eigenvalue weighted by Crippen LogP contribution is -2.42. The number of hydrogen-bond donors (Lipinski definition) is 0. The highest BCUT2D eigenvalue weighted by Gasteiger charge is 2.29.